The van der Waals surface area contributed by atoms with Gasteiger partial charge in [-0.05, 0) is 18.1 Å². The van der Waals surface area contributed by atoms with Crippen LogP contribution < -0.4 is 5.32 Å². The van der Waals surface area contributed by atoms with Crippen LogP contribution in [0.3, 0.4) is 0 Å². The molecular formula is C11H16N2O. The lowest BCUT2D eigenvalue weighted by Crippen LogP contribution is -2.25. The van der Waals surface area contributed by atoms with E-state index >= 15 is 0 Å². The fraction of sp³-hybridized carbons (Fsp3) is 0.455. The van der Waals surface area contributed by atoms with Gasteiger partial charge in [0.05, 0.1) is 0 Å². The third-order valence-corrected chi connectivity index (χ3v) is 2.64. The van der Waals surface area contributed by atoms with Crippen LogP contribution in [-0.2, 0) is 6.54 Å². The summed E-state index contributed by atoms with van der Waals surface area (Å²) in [6, 6.07) is 2.48. The Balaban J connectivity index is 1.75. The summed E-state index contributed by atoms with van der Waals surface area (Å²) in [6.45, 7) is 1.15. The maximum absolute atomic E-state index is 8.95. The molecule has 3 nitrogen and oxygen atoms in total. The van der Waals surface area contributed by atoms with Gasteiger partial charge in [0.15, 0.2) is 0 Å². The number of H-pyrrole nitrogens is 1. The van der Waals surface area contributed by atoms with Gasteiger partial charge in [-0.25, -0.2) is 0 Å². The van der Waals surface area contributed by atoms with Crippen molar-refractivity contribution in [2.24, 2.45) is 5.92 Å². The van der Waals surface area contributed by atoms with Crippen LogP contribution in [0.15, 0.2) is 30.6 Å². The molecule has 1 aromatic rings. The van der Waals surface area contributed by atoms with Gasteiger partial charge in [-0.2, -0.15) is 0 Å². The van der Waals surface area contributed by atoms with Crippen LogP contribution in [0.5, 0.6) is 0 Å². The Bertz CT molecular complexity index is 292. The van der Waals surface area contributed by atoms with Gasteiger partial charge in [0, 0.05) is 37.5 Å². The van der Waals surface area contributed by atoms with Gasteiger partial charge in [-0.15, -0.1) is 0 Å². The van der Waals surface area contributed by atoms with E-state index in [0.29, 0.717) is 12.0 Å². The fourth-order valence-corrected chi connectivity index (χ4v) is 1.78. The average molecular weight is 192 g/mol. The first-order valence-corrected chi connectivity index (χ1v) is 5.02. The molecular weight excluding hydrogens is 176 g/mol. The second-order valence-corrected chi connectivity index (χ2v) is 3.77. The van der Waals surface area contributed by atoms with Crippen LogP contribution in [0.1, 0.15) is 12.0 Å². The molecule has 2 atom stereocenters. The molecule has 1 aromatic heterocycles. The second kappa shape index (κ2) is 4.44. The summed E-state index contributed by atoms with van der Waals surface area (Å²) in [4.78, 5) is 3.03. The van der Waals surface area contributed by atoms with Crippen molar-refractivity contribution in [3.05, 3.63) is 36.2 Å². The number of hydrogen-bond acceptors (Lipinski definition) is 2. The second-order valence-electron chi connectivity index (χ2n) is 3.77. The van der Waals surface area contributed by atoms with Gasteiger partial charge in [-0.1, -0.05) is 12.2 Å². The highest BCUT2D eigenvalue weighted by Crippen LogP contribution is 2.17. The molecule has 1 heterocycles. The molecule has 0 unspecified atom stereocenters. The number of aliphatic hydroxyl groups is 1. The van der Waals surface area contributed by atoms with Crippen molar-refractivity contribution in [1.29, 1.82) is 0 Å². The highest BCUT2D eigenvalue weighted by Gasteiger charge is 2.17. The van der Waals surface area contributed by atoms with Gasteiger partial charge in [-0.3, -0.25) is 0 Å². The lowest BCUT2D eigenvalue weighted by atomic mass is 10.1. The Hall–Kier alpha value is -1.06. The van der Waals surface area contributed by atoms with E-state index in [1.807, 2.05) is 12.4 Å². The SMILES string of the molecule is OC[C@H]1C=C[C@@H](NCc2cc[nH]c2)C1. The zero-order valence-corrected chi connectivity index (χ0v) is 8.11. The van der Waals surface area contributed by atoms with E-state index < -0.39 is 0 Å². The van der Waals surface area contributed by atoms with Crippen molar-refractivity contribution in [3.8, 4) is 0 Å². The normalized spacial score (nSPS) is 25.8. The molecule has 0 aromatic carbocycles. The quantitative estimate of drug-likeness (QED) is 0.624. The van der Waals surface area contributed by atoms with E-state index in [0.717, 1.165) is 13.0 Å². The van der Waals surface area contributed by atoms with Crippen LogP contribution in [0.4, 0.5) is 0 Å². The molecule has 1 aliphatic rings. The minimum Gasteiger partial charge on any atom is -0.396 e. The van der Waals surface area contributed by atoms with Crippen LogP contribution >= 0.6 is 0 Å². The maximum atomic E-state index is 8.95. The van der Waals surface area contributed by atoms with Crippen LogP contribution in [0.2, 0.25) is 0 Å². The molecule has 0 saturated carbocycles. The summed E-state index contributed by atoms with van der Waals surface area (Å²) < 4.78 is 0. The first-order chi connectivity index (χ1) is 6.88. The molecule has 14 heavy (non-hydrogen) atoms. The molecule has 3 heteroatoms. The molecule has 3 N–H and O–H groups in total. The van der Waals surface area contributed by atoms with E-state index in [1.165, 1.54) is 5.56 Å². The van der Waals surface area contributed by atoms with E-state index in [1.54, 1.807) is 0 Å². The number of nitrogens with one attached hydrogen (secondary N) is 2. The Morgan fingerprint density at radius 3 is 3.07 bits per heavy atom. The Morgan fingerprint density at radius 2 is 2.43 bits per heavy atom. The summed E-state index contributed by atoms with van der Waals surface area (Å²) >= 11 is 0. The van der Waals surface area contributed by atoms with Crippen molar-refractivity contribution in [1.82, 2.24) is 10.3 Å². The largest absolute Gasteiger partial charge is 0.396 e. The van der Waals surface area contributed by atoms with Crippen molar-refractivity contribution < 1.29 is 5.11 Å². The Morgan fingerprint density at radius 1 is 1.50 bits per heavy atom. The highest BCUT2D eigenvalue weighted by molar-refractivity contribution is 5.10. The molecule has 0 spiro atoms. The summed E-state index contributed by atoms with van der Waals surface area (Å²) in [5.74, 6) is 0.346. The molecule has 0 aliphatic heterocycles. The van der Waals surface area contributed by atoms with Gasteiger partial charge < -0.3 is 15.4 Å². The summed E-state index contributed by atoms with van der Waals surface area (Å²) in [7, 11) is 0. The van der Waals surface area contributed by atoms with Crippen LogP contribution in [0.25, 0.3) is 0 Å². The molecule has 0 radical (unpaired) electrons. The Labute approximate surface area is 83.8 Å². The first-order valence-electron chi connectivity index (χ1n) is 5.02. The lowest BCUT2D eigenvalue weighted by Gasteiger charge is -2.11. The van der Waals surface area contributed by atoms with Gasteiger partial charge in [0.25, 0.3) is 0 Å². The number of aromatic nitrogens is 1. The third-order valence-electron chi connectivity index (χ3n) is 2.64. The van der Waals surface area contributed by atoms with Crippen LogP contribution in [-0.4, -0.2) is 22.7 Å². The molecule has 0 amide bonds. The lowest BCUT2D eigenvalue weighted by molar-refractivity contribution is 0.246. The van der Waals surface area contributed by atoms with Crippen molar-refractivity contribution >= 4 is 0 Å². The van der Waals surface area contributed by atoms with E-state index in [9.17, 15) is 0 Å². The van der Waals surface area contributed by atoms with E-state index in [4.69, 9.17) is 5.11 Å². The number of rotatable bonds is 4. The number of aliphatic hydroxyl groups excluding tert-OH is 1. The smallest absolute Gasteiger partial charge is 0.0494 e. The first kappa shape index (κ1) is 9.49. The predicted molar refractivity (Wildman–Crippen MR) is 55.8 cm³/mol. The number of aromatic amines is 1. The zero-order valence-electron chi connectivity index (χ0n) is 8.11. The average Bonchev–Trinajstić information content (AvgIpc) is 2.86. The number of hydrogen-bond donors (Lipinski definition) is 3. The third kappa shape index (κ3) is 2.25. The molecule has 0 bridgehead atoms. The molecule has 0 fully saturated rings. The standard InChI is InChI=1S/C11H16N2O/c14-8-9-1-2-11(5-9)13-7-10-3-4-12-6-10/h1-4,6,9,11-14H,5,7-8H2/t9-,11+/m0/s1. The Kier molecular flexibility index (Phi) is 3.01. The van der Waals surface area contributed by atoms with Gasteiger partial charge in [0.2, 0.25) is 0 Å². The van der Waals surface area contributed by atoms with Crippen molar-refractivity contribution in [3.63, 3.8) is 0 Å². The molecule has 76 valence electrons. The minimum absolute atomic E-state index is 0.263. The van der Waals surface area contributed by atoms with E-state index in [2.05, 4.69) is 28.5 Å². The zero-order chi connectivity index (χ0) is 9.80. The van der Waals surface area contributed by atoms with Gasteiger partial charge >= 0.3 is 0 Å². The predicted octanol–water partition coefficient (Wildman–Crippen LogP) is 1.04. The minimum atomic E-state index is 0.263. The van der Waals surface area contributed by atoms with Crippen molar-refractivity contribution in [2.45, 2.75) is 19.0 Å². The maximum Gasteiger partial charge on any atom is 0.0494 e. The van der Waals surface area contributed by atoms with Crippen LogP contribution in [0, 0.1) is 5.92 Å². The molecule has 1 aliphatic carbocycles. The monoisotopic (exact) mass is 192 g/mol. The summed E-state index contributed by atoms with van der Waals surface area (Å²) in [5, 5.41) is 12.4. The molecule has 0 saturated heterocycles. The summed E-state index contributed by atoms with van der Waals surface area (Å²) in [6.07, 6.45) is 9.18. The highest BCUT2D eigenvalue weighted by atomic mass is 16.3. The molecule has 2 rings (SSSR count). The van der Waals surface area contributed by atoms with E-state index in [-0.39, 0.29) is 6.61 Å². The van der Waals surface area contributed by atoms with Crippen molar-refractivity contribution in [2.75, 3.05) is 6.61 Å². The summed E-state index contributed by atoms with van der Waals surface area (Å²) in [5.41, 5.74) is 1.27. The van der Waals surface area contributed by atoms with Gasteiger partial charge in [0.1, 0.15) is 0 Å². The fourth-order valence-electron chi connectivity index (χ4n) is 1.78. The topological polar surface area (TPSA) is 48.0 Å².